The summed E-state index contributed by atoms with van der Waals surface area (Å²) in [5.41, 5.74) is 12.2. The van der Waals surface area contributed by atoms with E-state index < -0.39 is 28.5 Å². The molecule has 0 spiro atoms. The standard InChI is InChI=1S/C24H39N7O4S/c1-16-8-11-31(19(13-16)23(33)27-9-3-4-10-28-24(25)26)21(32)15-30-36(34,35)20-7-5-6-18-12-17(2)14-29-22(18)20/h5-7,16-17,19,29-30H,3-4,8-15H2,1-2H3,(H,27,33)(H4,25,26,28)/t16?,17?,19-/m0/s1. The summed E-state index contributed by atoms with van der Waals surface area (Å²) in [6.07, 6.45) is 3.51. The van der Waals surface area contributed by atoms with Crippen LogP contribution in [-0.2, 0) is 26.0 Å². The Morgan fingerprint density at radius 2 is 1.97 bits per heavy atom. The van der Waals surface area contributed by atoms with Gasteiger partial charge in [0.05, 0.1) is 12.2 Å². The zero-order valence-electron chi connectivity index (χ0n) is 21.1. The van der Waals surface area contributed by atoms with Crippen LogP contribution in [0.4, 0.5) is 5.69 Å². The number of piperidine rings is 1. The highest BCUT2D eigenvalue weighted by molar-refractivity contribution is 7.89. The number of hydrogen-bond acceptors (Lipinski definition) is 6. The molecular formula is C24H39N7O4S. The van der Waals surface area contributed by atoms with Gasteiger partial charge >= 0.3 is 0 Å². The normalized spacial score (nSPS) is 21.7. The van der Waals surface area contributed by atoms with Crippen molar-refractivity contribution in [1.29, 1.82) is 0 Å². The average Bonchev–Trinajstić information content (AvgIpc) is 2.83. The molecule has 7 N–H and O–H groups in total. The van der Waals surface area contributed by atoms with Gasteiger partial charge in [-0.2, -0.15) is 0 Å². The minimum atomic E-state index is -3.92. The third-order valence-corrected chi connectivity index (χ3v) is 8.12. The monoisotopic (exact) mass is 521 g/mol. The fraction of sp³-hybridized carbons (Fsp3) is 0.625. The van der Waals surface area contributed by atoms with Gasteiger partial charge in [-0.25, -0.2) is 13.1 Å². The molecule has 2 aliphatic heterocycles. The predicted molar refractivity (Wildman–Crippen MR) is 140 cm³/mol. The van der Waals surface area contributed by atoms with E-state index in [-0.39, 0.29) is 22.7 Å². The molecule has 3 rings (SSSR count). The lowest BCUT2D eigenvalue weighted by atomic mass is 9.91. The van der Waals surface area contributed by atoms with Gasteiger partial charge in [0, 0.05) is 26.2 Å². The Bertz CT molecular complexity index is 1070. The number of nitrogens with two attached hydrogens (primary N) is 2. The lowest BCUT2D eigenvalue weighted by Gasteiger charge is -2.37. The van der Waals surface area contributed by atoms with E-state index in [9.17, 15) is 18.0 Å². The average molecular weight is 522 g/mol. The maximum atomic E-state index is 13.1. The quantitative estimate of drug-likeness (QED) is 0.168. The molecule has 2 aliphatic rings. The number of amides is 2. The van der Waals surface area contributed by atoms with Crippen molar-refractivity contribution in [3.8, 4) is 0 Å². The van der Waals surface area contributed by atoms with Crippen LogP contribution in [0.25, 0.3) is 0 Å². The maximum Gasteiger partial charge on any atom is 0.243 e. The lowest BCUT2D eigenvalue weighted by Crippen LogP contribution is -2.55. The van der Waals surface area contributed by atoms with E-state index in [1.54, 1.807) is 12.1 Å². The lowest BCUT2D eigenvalue weighted by molar-refractivity contribution is -0.142. The van der Waals surface area contributed by atoms with Crippen molar-refractivity contribution in [1.82, 2.24) is 14.9 Å². The van der Waals surface area contributed by atoms with Crippen molar-refractivity contribution in [2.45, 2.75) is 56.9 Å². The number of nitrogens with zero attached hydrogens (tertiary/aromatic N) is 2. The highest BCUT2D eigenvalue weighted by Crippen LogP contribution is 2.31. The molecule has 2 unspecified atom stereocenters. The minimum Gasteiger partial charge on any atom is -0.383 e. The SMILES string of the molecule is CC1CNc2c(cccc2S(=O)(=O)NCC(=O)N2CCC(C)C[C@H]2C(=O)NCCCCN=C(N)N)C1. The summed E-state index contributed by atoms with van der Waals surface area (Å²) in [5, 5.41) is 6.11. The number of anilines is 1. The Kier molecular flexibility index (Phi) is 9.55. The van der Waals surface area contributed by atoms with Gasteiger partial charge in [-0.15, -0.1) is 0 Å². The summed E-state index contributed by atoms with van der Waals surface area (Å²) in [6, 6.07) is 4.55. The number of unbranched alkanes of at least 4 members (excludes halogenated alkanes) is 1. The molecule has 1 saturated heterocycles. The van der Waals surface area contributed by atoms with E-state index in [0.717, 1.165) is 24.8 Å². The second kappa shape index (κ2) is 12.4. The molecule has 1 aromatic rings. The summed E-state index contributed by atoms with van der Waals surface area (Å²) in [4.78, 5) is 31.5. The summed E-state index contributed by atoms with van der Waals surface area (Å²) >= 11 is 0. The second-order valence-electron chi connectivity index (χ2n) is 9.84. The van der Waals surface area contributed by atoms with Crippen LogP contribution in [0.15, 0.2) is 28.1 Å². The molecular weight excluding hydrogens is 482 g/mol. The Labute approximate surface area is 213 Å². The molecule has 1 aromatic carbocycles. The molecule has 0 radical (unpaired) electrons. The molecule has 0 bridgehead atoms. The Morgan fingerprint density at radius 1 is 1.19 bits per heavy atom. The number of benzene rings is 1. The molecule has 0 aliphatic carbocycles. The van der Waals surface area contributed by atoms with Crippen molar-refractivity contribution in [3.05, 3.63) is 23.8 Å². The maximum absolute atomic E-state index is 13.1. The Hall–Kier alpha value is -2.86. The minimum absolute atomic E-state index is 0.0398. The van der Waals surface area contributed by atoms with E-state index in [4.69, 9.17) is 11.5 Å². The zero-order valence-corrected chi connectivity index (χ0v) is 21.9. The topological polar surface area (TPSA) is 172 Å². The molecule has 200 valence electrons. The van der Waals surface area contributed by atoms with Crippen LogP contribution in [0.1, 0.15) is 45.1 Å². The van der Waals surface area contributed by atoms with Gasteiger partial charge in [0.15, 0.2) is 5.96 Å². The summed E-state index contributed by atoms with van der Waals surface area (Å²) in [7, 11) is -3.92. The summed E-state index contributed by atoms with van der Waals surface area (Å²) in [5.74, 6) is 0.0956. The number of aliphatic imine (C=N–C) groups is 1. The van der Waals surface area contributed by atoms with Crippen LogP contribution in [-0.4, -0.2) is 69.9 Å². The van der Waals surface area contributed by atoms with E-state index in [0.29, 0.717) is 50.6 Å². The summed E-state index contributed by atoms with van der Waals surface area (Å²) < 4.78 is 28.6. The molecule has 36 heavy (non-hydrogen) atoms. The Balaban J connectivity index is 1.59. The highest BCUT2D eigenvalue weighted by atomic mass is 32.2. The van der Waals surface area contributed by atoms with E-state index in [1.807, 2.05) is 13.0 Å². The number of para-hydroxylation sites is 1. The van der Waals surface area contributed by atoms with Crippen molar-refractivity contribution in [3.63, 3.8) is 0 Å². The van der Waals surface area contributed by atoms with Crippen LogP contribution in [0.5, 0.6) is 0 Å². The van der Waals surface area contributed by atoms with Crippen molar-refractivity contribution in [2.75, 3.05) is 38.0 Å². The van der Waals surface area contributed by atoms with E-state index >= 15 is 0 Å². The van der Waals surface area contributed by atoms with Gasteiger partial charge in [-0.1, -0.05) is 26.0 Å². The smallest absolute Gasteiger partial charge is 0.243 e. The number of carbonyl (C=O) groups is 2. The van der Waals surface area contributed by atoms with E-state index in [1.165, 1.54) is 4.90 Å². The van der Waals surface area contributed by atoms with Crippen LogP contribution in [0.3, 0.4) is 0 Å². The van der Waals surface area contributed by atoms with Crippen LogP contribution in [0.2, 0.25) is 0 Å². The zero-order chi connectivity index (χ0) is 26.3. The molecule has 12 heteroatoms. The highest BCUT2D eigenvalue weighted by Gasteiger charge is 2.35. The van der Waals surface area contributed by atoms with Gasteiger partial charge in [-0.05, 0) is 55.6 Å². The number of nitrogens with one attached hydrogen (secondary N) is 3. The number of carbonyl (C=O) groups excluding carboxylic acids is 2. The fourth-order valence-corrected chi connectivity index (χ4v) is 5.89. The molecule has 1 fully saturated rings. The van der Waals surface area contributed by atoms with Crippen LogP contribution >= 0.6 is 0 Å². The van der Waals surface area contributed by atoms with Crippen LogP contribution in [0, 0.1) is 11.8 Å². The van der Waals surface area contributed by atoms with Gasteiger partial charge in [-0.3, -0.25) is 14.6 Å². The van der Waals surface area contributed by atoms with Crippen molar-refractivity contribution < 1.29 is 18.0 Å². The first kappa shape index (κ1) is 27.7. The third kappa shape index (κ3) is 7.33. The molecule has 2 heterocycles. The van der Waals surface area contributed by atoms with Gasteiger partial charge < -0.3 is 27.0 Å². The van der Waals surface area contributed by atoms with Gasteiger partial charge in [0.2, 0.25) is 21.8 Å². The third-order valence-electron chi connectivity index (χ3n) is 6.68. The first-order chi connectivity index (χ1) is 17.1. The molecule has 11 nitrogen and oxygen atoms in total. The number of rotatable bonds is 10. The number of fused-ring (bicyclic) bond motifs is 1. The molecule has 0 saturated carbocycles. The molecule has 0 aromatic heterocycles. The van der Waals surface area contributed by atoms with Crippen LogP contribution < -0.4 is 26.8 Å². The second-order valence-corrected chi connectivity index (χ2v) is 11.6. The number of guanidine groups is 1. The first-order valence-electron chi connectivity index (χ1n) is 12.6. The number of sulfonamides is 1. The van der Waals surface area contributed by atoms with Gasteiger partial charge in [0.1, 0.15) is 10.9 Å². The predicted octanol–water partition coefficient (Wildman–Crippen LogP) is 0.366. The largest absolute Gasteiger partial charge is 0.383 e. The molecule has 3 atom stereocenters. The number of hydrogen-bond donors (Lipinski definition) is 5. The first-order valence-corrected chi connectivity index (χ1v) is 14.0. The van der Waals surface area contributed by atoms with E-state index in [2.05, 4.69) is 27.3 Å². The van der Waals surface area contributed by atoms with Crippen molar-refractivity contribution >= 4 is 33.5 Å². The van der Waals surface area contributed by atoms with Gasteiger partial charge in [0.25, 0.3) is 0 Å². The summed E-state index contributed by atoms with van der Waals surface area (Å²) in [6.45, 7) is 5.78. The molecule has 2 amide bonds. The van der Waals surface area contributed by atoms with Crippen molar-refractivity contribution in [2.24, 2.45) is 28.3 Å². The number of likely N-dealkylation sites (tertiary alicyclic amines) is 1. The fourth-order valence-electron chi connectivity index (χ4n) is 4.69. The Morgan fingerprint density at radius 3 is 2.72 bits per heavy atom.